The normalized spacial score (nSPS) is 16.2. The molecule has 2 N–H and O–H groups in total. The summed E-state index contributed by atoms with van der Waals surface area (Å²) < 4.78 is 21.2. The molecule has 2 aliphatic heterocycles. The number of anilines is 2. The van der Waals surface area contributed by atoms with Crippen LogP contribution in [0.2, 0.25) is 0 Å². The number of ether oxygens (including phenoxy) is 1. The molecule has 4 heterocycles. The lowest BCUT2D eigenvalue weighted by Gasteiger charge is -2.37. The van der Waals surface area contributed by atoms with Gasteiger partial charge in [-0.2, -0.15) is 0 Å². The van der Waals surface area contributed by atoms with Crippen LogP contribution in [0.15, 0.2) is 55.0 Å². The third-order valence-electron chi connectivity index (χ3n) is 8.45. The summed E-state index contributed by atoms with van der Waals surface area (Å²) in [5, 5.41) is 6.42. The minimum Gasteiger partial charge on any atom is -0.494 e. The van der Waals surface area contributed by atoms with Crippen LogP contribution in [0.25, 0.3) is 16.9 Å². The van der Waals surface area contributed by atoms with Crippen LogP contribution in [0, 0.1) is 24.6 Å². The number of carbonyl (C=O) groups is 2. The van der Waals surface area contributed by atoms with E-state index in [9.17, 15) is 14.0 Å². The predicted octanol–water partition coefficient (Wildman–Crippen LogP) is 4.13. The second-order valence-electron chi connectivity index (χ2n) is 11.5. The van der Waals surface area contributed by atoms with Crippen LogP contribution in [0.4, 0.5) is 15.9 Å². The summed E-state index contributed by atoms with van der Waals surface area (Å²) in [6.07, 6.45) is 6.45. The van der Waals surface area contributed by atoms with Crippen molar-refractivity contribution in [3.63, 3.8) is 0 Å². The number of likely N-dealkylation sites (tertiary alicyclic amines) is 2. The van der Waals surface area contributed by atoms with Gasteiger partial charge in [0.05, 0.1) is 19.0 Å². The van der Waals surface area contributed by atoms with Crippen molar-refractivity contribution in [3.05, 3.63) is 71.9 Å². The fourth-order valence-electron chi connectivity index (χ4n) is 6.03. The van der Waals surface area contributed by atoms with Crippen LogP contribution in [-0.2, 0) is 4.79 Å². The van der Waals surface area contributed by atoms with Crippen molar-refractivity contribution < 1.29 is 18.7 Å². The number of piperidine rings is 1. The molecule has 2 fully saturated rings. The zero-order valence-corrected chi connectivity index (χ0v) is 24.6. The summed E-state index contributed by atoms with van der Waals surface area (Å²) in [6.45, 7) is 5.84. The van der Waals surface area contributed by atoms with E-state index in [0.717, 1.165) is 30.9 Å². The van der Waals surface area contributed by atoms with E-state index >= 15 is 0 Å². The Kier molecular flexibility index (Phi) is 7.98. The molecule has 11 heteroatoms. The lowest BCUT2D eigenvalue weighted by Crippen LogP contribution is -2.50. The molecule has 4 aromatic rings. The second-order valence-corrected chi connectivity index (χ2v) is 11.5. The Morgan fingerprint density at radius 1 is 1.09 bits per heavy atom. The number of nitrogens with one attached hydrogen (secondary N) is 2. The maximum Gasteiger partial charge on any atom is 0.254 e. The zero-order chi connectivity index (χ0) is 30.1. The predicted molar refractivity (Wildman–Crippen MR) is 162 cm³/mol. The van der Waals surface area contributed by atoms with Crippen LogP contribution in [0.3, 0.4) is 0 Å². The van der Waals surface area contributed by atoms with Gasteiger partial charge in [-0.1, -0.05) is 0 Å². The first-order valence-electron chi connectivity index (χ1n) is 14.6. The molecular formula is C32H36FN7O3. The summed E-state index contributed by atoms with van der Waals surface area (Å²) in [7, 11) is 3.52. The van der Waals surface area contributed by atoms with Crippen LogP contribution < -0.4 is 15.4 Å². The molecular weight excluding hydrogens is 549 g/mol. The maximum absolute atomic E-state index is 14.4. The maximum atomic E-state index is 14.4. The molecule has 0 saturated carbocycles. The van der Waals surface area contributed by atoms with Crippen LogP contribution in [0.1, 0.15) is 28.8 Å². The fourth-order valence-corrected chi connectivity index (χ4v) is 6.03. The summed E-state index contributed by atoms with van der Waals surface area (Å²) >= 11 is 0. The van der Waals surface area contributed by atoms with Crippen molar-refractivity contribution in [1.29, 1.82) is 0 Å². The van der Waals surface area contributed by atoms with Gasteiger partial charge < -0.3 is 25.2 Å². The number of aryl methyl sites for hydroxylation is 1. The highest BCUT2D eigenvalue weighted by Crippen LogP contribution is 2.29. The van der Waals surface area contributed by atoms with Gasteiger partial charge in [-0.05, 0) is 68.8 Å². The molecule has 0 radical (unpaired) electrons. The van der Waals surface area contributed by atoms with E-state index in [1.165, 1.54) is 13.2 Å². The molecule has 2 aliphatic rings. The van der Waals surface area contributed by atoms with Gasteiger partial charge in [0.1, 0.15) is 0 Å². The van der Waals surface area contributed by atoms with Gasteiger partial charge in [0.25, 0.3) is 5.91 Å². The average Bonchev–Trinajstić information content (AvgIpc) is 3.44. The molecule has 0 aliphatic carbocycles. The third kappa shape index (κ3) is 5.90. The first-order valence-corrected chi connectivity index (χ1v) is 14.6. The van der Waals surface area contributed by atoms with Gasteiger partial charge >= 0.3 is 0 Å². The van der Waals surface area contributed by atoms with Crippen molar-refractivity contribution >= 4 is 29.0 Å². The Balaban J connectivity index is 1.10. The van der Waals surface area contributed by atoms with Crippen molar-refractivity contribution in [3.8, 4) is 17.0 Å². The largest absolute Gasteiger partial charge is 0.494 e. The Morgan fingerprint density at radius 2 is 1.88 bits per heavy atom. The van der Waals surface area contributed by atoms with Crippen LogP contribution in [-0.4, -0.2) is 82.9 Å². The number of fused-ring (bicyclic) bond motifs is 1. The Labute approximate surface area is 249 Å². The average molecular weight is 586 g/mol. The van der Waals surface area contributed by atoms with E-state index in [4.69, 9.17) is 4.74 Å². The molecule has 6 rings (SSSR count). The van der Waals surface area contributed by atoms with E-state index < -0.39 is 5.82 Å². The summed E-state index contributed by atoms with van der Waals surface area (Å²) in [4.78, 5) is 39.1. The SMILES string of the molecule is COc1ccc(-c2cnc3c(Nc4ccc(C(=O)N5CCC(C(=O)NCC6CN(C)C6)CC5)c(C)c4)nccn23)cc1F. The number of hydrogen-bond acceptors (Lipinski definition) is 7. The minimum atomic E-state index is -0.449. The number of halogens is 1. The Hall–Kier alpha value is -4.51. The molecule has 0 atom stereocenters. The van der Waals surface area contributed by atoms with Crippen LogP contribution >= 0.6 is 0 Å². The monoisotopic (exact) mass is 585 g/mol. The van der Waals surface area contributed by atoms with Crippen molar-refractivity contribution in [2.75, 3.05) is 52.2 Å². The second kappa shape index (κ2) is 12.0. The van der Waals surface area contributed by atoms with E-state index in [1.807, 2.05) is 34.4 Å². The first kappa shape index (κ1) is 28.6. The molecule has 224 valence electrons. The van der Waals surface area contributed by atoms with Crippen LogP contribution in [0.5, 0.6) is 5.75 Å². The van der Waals surface area contributed by atoms with Gasteiger partial charge in [-0.3, -0.25) is 14.0 Å². The summed E-state index contributed by atoms with van der Waals surface area (Å²) in [6, 6.07) is 10.4. The molecule has 2 saturated heterocycles. The molecule has 0 unspecified atom stereocenters. The number of aromatic nitrogens is 3. The first-order chi connectivity index (χ1) is 20.8. The van der Waals surface area contributed by atoms with Gasteiger partial charge in [0, 0.05) is 73.8 Å². The number of amides is 2. The Morgan fingerprint density at radius 3 is 2.58 bits per heavy atom. The van der Waals surface area contributed by atoms with E-state index in [1.54, 1.807) is 30.7 Å². The van der Waals surface area contributed by atoms with Gasteiger partial charge in [0.15, 0.2) is 23.0 Å². The molecule has 2 aromatic carbocycles. The van der Waals surface area contributed by atoms with Crippen molar-refractivity contribution in [2.24, 2.45) is 11.8 Å². The number of hydrogen-bond donors (Lipinski definition) is 2. The number of nitrogens with zero attached hydrogens (tertiary/aromatic N) is 5. The quantitative estimate of drug-likeness (QED) is 0.321. The van der Waals surface area contributed by atoms with E-state index in [2.05, 4.69) is 32.5 Å². The van der Waals surface area contributed by atoms with E-state index in [-0.39, 0.29) is 23.5 Å². The highest BCUT2D eigenvalue weighted by Gasteiger charge is 2.30. The summed E-state index contributed by atoms with van der Waals surface area (Å²) in [5.41, 5.74) is 4.20. The van der Waals surface area contributed by atoms with Gasteiger partial charge in [-0.25, -0.2) is 14.4 Å². The fraction of sp³-hybridized carbons (Fsp3) is 0.375. The highest BCUT2D eigenvalue weighted by atomic mass is 19.1. The molecule has 2 amide bonds. The lowest BCUT2D eigenvalue weighted by molar-refractivity contribution is -0.126. The molecule has 0 spiro atoms. The smallest absolute Gasteiger partial charge is 0.254 e. The zero-order valence-electron chi connectivity index (χ0n) is 24.6. The van der Waals surface area contributed by atoms with Gasteiger partial charge in [0.2, 0.25) is 5.91 Å². The molecule has 0 bridgehead atoms. The number of imidazole rings is 1. The van der Waals surface area contributed by atoms with Gasteiger partial charge in [-0.15, -0.1) is 0 Å². The molecule has 10 nitrogen and oxygen atoms in total. The van der Waals surface area contributed by atoms with E-state index in [0.29, 0.717) is 60.1 Å². The number of rotatable bonds is 8. The highest BCUT2D eigenvalue weighted by molar-refractivity contribution is 5.96. The number of methoxy groups -OCH3 is 1. The standard InChI is InChI=1S/C32H36FN7O3/c1-20-14-24(37-29-30-35-17-27(40(30)13-10-34-29)23-4-7-28(43-3)26(33)15-23)5-6-25(20)32(42)39-11-8-22(9-12-39)31(41)36-16-21-18-38(2)19-21/h4-7,10,13-15,17,21-22H,8-9,11-12,16,18-19H2,1-3H3,(H,34,37)(H,36,41). The summed E-state index contributed by atoms with van der Waals surface area (Å²) in [5.74, 6) is 0.848. The van der Waals surface area contributed by atoms with Crippen molar-refractivity contribution in [1.82, 2.24) is 29.5 Å². The topological polar surface area (TPSA) is 104 Å². The third-order valence-corrected chi connectivity index (χ3v) is 8.45. The molecule has 43 heavy (non-hydrogen) atoms. The number of carbonyl (C=O) groups excluding carboxylic acids is 2. The lowest BCUT2D eigenvalue weighted by atomic mass is 9.94. The molecule has 2 aromatic heterocycles. The Bertz CT molecular complexity index is 1660. The minimum absolute atomic E-state index is 0.0229. The van der Waals surface area contributed by atoms with Crippen molar-refractivity contribution in [2.45, 2.75) is 19.8 Å². The number of benzene rings is 2.